The summed E-state index contributed by atoms with van der Waals surface area (Å²) in [6, 6.07) is 0. The van der Waals surface area contributed by atoms with Gasteiger partial charge in [-0.25, -0.2) is 0 Å². The molecule has 0 aromatic heterocycles. The standard InChI is InChI=1S/C6H13NS.C3H8/c1-6(8)7-4-2-3-5-7;1-3-2/h6,8H,2-5H2,1H3;3H2,1-2H3. The second kappa shape index (κ2) is 6.99. The molecule has 0 radical (unpaired) electrons. The van der Waals surface area contributed by atoms with Crippen LogP contribution in [0, 0.1) is 0 Å². The second-order valence-electron chi connectivity index (χ2n) is 3.08. The van der Waals surface area contributed by atoms with E-state index in [4.69, 9.17) is 0 Å². The van der Waals surface area contributed by atoms with Crippen LogP contribution in [0.1, 0.15) is 40.0 Å². The zero-order valence-electron chi connectivity index (χ0n) is 8.01. The molecule has 0 saturated carbocycles. The number of thiol groups is 1. The molecule has 11 heavy (non-hydrogen) atoms. The van der Waals surface area contributed by atoms with Gasteiger partial charge in [0.25, 0.3) is 0 Å². The monoisotopic (exact) mass is 175 g/mol. The highest BCUT2D eigenvalue weighted by atomic mass is 32.1. The van der Waals surface area contributed by atoms with Crippen LogP contribution >= 0.6 is 12.6 Å². The first kappa shape index (κ1) is 11.3. The predicted molar refractivity (Wildman–Crippen MR) is 55.2 cm³/mol. The SMILES string of the molecule is CC(S)N1CCCC1.CCC. The van der Waals surface area contributed by atoms with Crippen molar-refractivity contribution in [3.05, 3.63) is 0 Å². The molecular weight excluding hydrogens is 154 g/mol. The molecule has 1 rings (SSSR count). The Labute approximate surface area is 76.6 Å². The smallest absolute Gasteiger partial charge is 0.0499 e. The molecule has 0 N–H and O–H groups in total. The van der Waals surface area contributed by atoms with Crippen molar-refractivity contribution in [3.8, 4) is 0 Å². The van der Waals surface area contributed by atoms with Crippen molar-refractivity contribution in [1.82, 2.24) is 4.90 Å². The maximum Gasteiger partial charge on any atom is 0.0499 e. The summed E-state index contributed by atoms with van der Waals surface area (Å²) in [5.41, 5.74) is 0. The summed E-state index contributed by atoms with van der Waals surface area (Å²) in [5, 5.41) is 0.470. The molecule has 1 saturated heterocycles. The van der Waals surface area contributed by atoms with Gasteiger partial charge in [0.1, 0.15) is 0 Å². The van der Waals surface area contributed by atoms with Crippen molar-refractivity contribution in [2.75, 3.05) is 13.1 Å². The van der Waals surface area contributed by atoms with Crippen molar-refractivity contribution in [2.45, 2.75) is 45.4 Å². The van der Waals surface area contributed by atoms with E-state index in [1.165, 1.54) is 32.4 Å². The minimum Gasteiger partial charge on any atom is -0.292 e. The molecule has 0 aromatic rings. The Morgan fingerprint density at radius 2 is 1.64 bits per heavy atom. The van der Waals surface area contributed by atoms with Crippen molar-refractivity contribution in [3.63, 3.8) is 0 Å². The number of rotatable bonds is 1. The summed E-state index contributed by atoms with van der Waals surface area (Å²) in [6.07, 6.45) is 3.98. The van der Waals surface area contributed by atoms with E-state index in [1.807, 2.05) is 0 Å². The molecule has 1 heterocycles. The molecule has 1 aliphatic heterocycles. The van der Waals surface area contributed by atoms with Crippen LogP contribution in [0.5, 0.6) is 0 Å². The van der Waals surface area contributed by atoms with Gasteiger partial charge in [-0.15, -0.1) is 0 Å². The molecule has 1 aliphatic rings. The van der Waals surface area contributed by atoms with Crippen LogP contribution in [-0.4, -0.2) is 23.4 Å². The van der Waals surface area contributed by atoms with Gasteiger partial charge >= 0.3 is 0 Å². The fourth-order valence-electron chi connectivity index (χ4n) is 1.12. The molecule has 0 amide bonds. The molecule has 1 nitrogen and oxygen atoms in total. The van der Waals surface area contributed by atoms with Crippen molar-refractivity contribution in [1.29, 1.82) is 0 Å². The van der Waals surface area contributed by atoms with Gasteiger partial charge in [0.15, 0.2) is 0 Å². The molecule has 2 heteroatoms. The molecule has 0 bridgehead atoms. The molecule has 0 aromatic carbocycles. The summed E-state index contributed by atoms with van der Waals surface area (Å²) < 4.78 is 0. The first-order valence-electron chi connectivity index (χ1n) is 4.64. The molecule has 1 fully saturated rings. The van der Waals surface area contributed by atoms with Gasteiger partial charge in [0.2, 0.25) is 0 Å². The fourth-order valence-corrected chi connectivity index (χ4v) is 1.35. The molecule has 68 valence electrons. The molecule has 0 aliphatic carbocycles. The third-order valence-corrected chi connectivity index (χ3v) is 2.00. The average molecular weight is 175 g/mol. The first-order valence-corrected chi connectivity index (χ1v) is 5.16. The topological polar surface area (TPSA) is 3.24 Å². The van der Waals surface area contributed by atoms with Gasteiger partial charge in [0, 0.05) is 5.37 Å². The van der Waals surface area contributed by atoms with E-state index in [0.717, 1.165) is 0 Å². The average Bonchev–Trinajstić information content (AvgIpc) is 2.38. The Hall–Kier alpha value is 0.310. The Morgan fingerprint density at radius 1 is 1.27 bits per heavy atom. The minimum absolute atomic E-state index is 0.470. The van der Waals surface area contributed by atoms with Crippen LogP contribution in [0.15, 0.2) is 0 Å². The van der Waals surface area contributed by atoms with Gasteiger partial charge in [-0.05, 0) is 32.9 Å². The molecular formula is C9H21NS. The number of hydrogen-bond donors (Lipinski definition) is 1. The highest BCUT2D eigenvalue weighted by Gasteiger charge is 2.13. The maximum absolute atomic E-state index is 4.32. The van der Waals surface area contributed by atoms with Gasteiger partial charge in [-0.2, -0.15) is 12.6 Å². The highest BCUT2D eigenvalue weighted by Crippen LogP contribution is 2.12. The Kier molecular flexibility index (Phi) is 7.18. The van der Waals surface area contributed by atoms with Crippen molar-refractivity contribution < 1.29 is 0 Å². The highest BCUT2D eigenvalue weighted by molar-refractivity contribution is 7.80. The quantitative estimate of drug-likeness (QED) is 0.600. The Bertz CT molecular complexity index is 77.6. The third kappa shape index (κ3) is 5.57. The van der Waals surface area contributed by atoms with Crippen LogP contribution in [0.4, 0.5) is 0 Å². The van der Waals surface area contributed by atoms with Crippen molar-refractivity contribution in [2.24, 2.45) is 0 Å². The Balaban J connectivity index is 0.000000292. The van der Waals surface area contributed by atoms with E-state index in [-0.39, 0.29) is 0 Å². The first-order chi connectivity index (χ1) is 5.22. The van der Waals surface area contributed by atoms with Crippen LogP contribution in [0.3, 0.4) is 0 Å². The predicted octanol–water partition coefficient (Wildman–Crippen LogP) is 2.77. The van der Waals surface area contributed by atoms with E-state index in [2.05, 4.69) is 38.3 Å². The second-order valence-corrected chi connectivity index (χ2v) is 3.83. The normalized spacial score (nSPS) is 20.7. The summed E-state index contributed by atoms with van der Waals surface area (Å²) in [5.74, 6) is 0. The van der Waals surface area contributed by atoms with Gasteiger partial charge in [-0.3, -0.25) is 4.90 Å². The van der Waals surface area contributed by atoms with E-state index in [9.17, 15) is 0 Å². The van der Waals surface area contributed by atoms with E-state index in [1.54, 1.807) is 0 Å². The third-order valence-electron chi connectivity index (χ3n) is 1.67. The number of nitrogens with zero attached hydrogens (tertiary/aromatic N) is 1. The number of hydrogen-bond acceptors (Lipinski definition) is 2. The lowest BCUT2D eigenvalue weighted by molar-refractivity contribution is 0.334. The lowest BCUT2D eigenvalue weighted by atomic mass is 10.4. The maximum atomic E-state index is 4.32. The zero-order valence-corrected chi connectivity index (χ0v) is 8.90. The fraction of sp³-hybridized carbons (Fsp3) is 1.00. The molecule has 1 atom stereocenters. The summed E-state index contributed by atoms with van der Waals surface area (Å²) in [4.78, 5) is 2.39. The van der Waals surface area contributed by atoms with E-state index < -0.39 is 0 Å². The van der Waals surface area contributed by atoms with Gasteiger partial charge in [0.05, 0.1) is 0 Å². The lowest BCUT2D eigenvalue weighted by Crippen LogP contribution is -2.25. The van der Waals surface area contributed by atoms with Crippen LogP contribution in [0.25, 0.3) is 0 Å². The van der Waals surface area contributed by atoms with Crippen LogP contribution < -0.4 is 0 Å². The summed E-state index contributed by atoms with van der Waals surface area (Å²) >= 11 is 4.32. The summed E-state index contributed by atoms with van der Waals surface area (Å²) in [7, 11) is 0. The molecule has 1 unspecified atom stereocenters. The Morgan fingerprint density at radius 3 is 1.82 bits per heavy atom. The van der Waals surface area contributed by atoms with Gasteiger partial charge in [-0.1, -0.05) is 20.3 Å². The van der Waals surface area contributed by atoms with Crippen LogP contribution in [-0.2, 0) is 0 Å². The van der Waals surface area contributed by atoms with Gasteiger partial charge < -0.3 is 0 Å². The summed E-state index contributed by atoms with van der Waals surface area (Å²) in [6.45, 7) is 8.89. The number of likely N-dealkylation sites (tertiary alicyclic amines) is 1. The largest absolute Gasteiger partial charge is 0.292 e. The lowest BCUT2D eigenvalue weighted by Gasteiger charge is -2.17. The van der Waals surface area contributed by atoms with Crippen molar-refractivity contribution >= 4 is 12.6 Å². The molecule has 0 spiro atoms. The van der Waals surface area contributed by atoms with Crippen LogP contribution in [0.2, 0.25) is 0 Å². The minimum atomic E-state index is 0.470. The van der Waals surface area contributed by atoms with E-state index in [0.29, 0.717) is 5.37 Å². The zero-order chi connectivity index (χ0) is 8.69. The van der Waals surface area contributed by atoms with E-state index >= 15 is 0 Å².